The van der Waals surface area contributed by atoms with Gasteiger partial charge >= 0.3 is 0 Å². The maximum Gasteiger partial charge on any atom is 0.252 e. The van der Waals surface area contributed by atoms with Crippen molar-refractivity contribution in [1.82, 2.24) is 9.29 Å². The van der Waals surface area contributed by atoms with Crippen LogP contribution < -0.4 is 0 Å². The number of rotatable bonds is 3. The third-order valence-corrected chi connectivity index (χ3v) is 7.88. The van der Waals surface area contributed by atoms with Gasteiger partial charge in [-0.25, -0.2) is 13.4 Å². The van der Waals surface area contributed by atoms with Crippen LogP contribution in [-0.2, 0) is 10.0 Å². The lowest BCUT2D eigenvalue weighted by Crippen LogP contribution is -2.37. The number of piperidine rings is 1. The molecule has 0 bridgehead atoms. The quantitative estimate of drug-likeness (QED) is 0.870. The number of hydrogen-bond donors (Lipinski definition) is 0. The highest BCUT2D eigenvalue weighted by Crippen LogP contribution is 2.33. The molecule has 2 aromatic rings. The van der Waals surface area contributed by atoms with Gasteiger partial charge in [-0.2, -0.15) is 4.31 Å². The molecule has 20 heavy (non-hydrogen) atoms. The van der Waals surface area contributed by atoms with Gasteiger partial charge in [0.25, 0.3) is 10.0 Å². The van der Waals surface area contributed by atoms with E-state index < -0.39 is 10.0 Å². The summed E-state index contributed by atoms with van der Waals surface area (Å²) in [6.07, 6.45) is 3.61. The molecule has 1 aliphatic rings. The van der Waals surface area contributed by atoms with Crippen LogP contribution in [0.15, 0.2) is 27.9 Å². The first-order valence-electron chi connectivity index (χ1n) is 6.53. The molecule has 0 spiro atoms. The van der Waals surface area contributed by atoms with Gasteiger partial charge in [-0.05, 0) is 31.2 Å². The minimum absolute atomic E-state index is 0.406. The summed E-state index contributed by atoms with van der Waals surface area (Å²) in [6, 6.07) is 3.46. The molecule has 1 fully saturated rings. The molecule has 2 aromatic heterocycles. The first kappa shape index (κ1) is 14.2. The summed E-state index contributed by atoms with van der Waals surface area (Å²) in [5.41, 5.74) is 0. The Balaban J connectivity index is 1.70. The number of nitrogens with zero attached hydrogens (tertiary/aromatic N) is 2. The molecule has 0 saturated carbocycles. The molecule has 0 radical (unpaired) electrons. The highest BCUT2D eigenvalue weighted by molar-refractivity contribution is 7.91. The van der Waals surface area contributed by atoms with Crippen molar-refractivity contribution in [2.75, 3.05) is 13.1 Å². The second kappa shape index (κ2) is 5.55. The van der Waals surface area contributed by atoms with Crippen molar-refractivity contribution in [1.29, 1.82) is 0 Å². The third kappa shape index (κ3) is 2.67. The molecular formula is C13H16N2O2S3. The predicted octanol–water partition coefficient (Wildman–Crippen LogP) is 3.08. The first-order chi connectivity index (χ1) is 9.57. The normalized spacial score (nSPS) is 18.4. The van der Waals surface area contributed by atoms with Crippen molar-refractivity contribution in [3.8, 4) is 0 Å². The van der Waals surface area contributed by atoms with E-state index in [4.69, 9.17) is 0 Å². The number of aromatic nitrogens is 1. The Hall–Kier alpha value is -0.760. The summed E-state index contributed by atoms with van der Waals surface area (Å²) in [5, 5.41) is 2.95. The molecule has 1 aliphatic heterocycles. The number of hydrogen-bond acceptors (Lipinski definition) is 5. The van der Waals surface area contributed by atoms with E-state index in [0.29, 0.717) is 23.2 Å². The summed E-state index contributed by atoms with van der Waals surface area (Å²) >= 11 is 3.01. The van der Waals surface area contributed by atoms with Crippen LogP contribution in [-0.4, -0.2) is 30.8 Å². The standard InChI is InChI=1S/C13H16N2O2S3/c1-10-9-14-13(19-10)11-4-6-15(7-5-11)20(16,17)12-3-2-8-18-12/h2-3,8-9,11H,4-7H2,1H3. The van der Waals surface area contributed by atoms with Gasteiger partial charge in [0, 0.05) is 30.1 Å². The lowest BCUT2D eigenvalue weighted by molar-refractivity contribution is 0.319. The van der Waals surface area contributed by atoms with Crippen molar-refractivity contribution in [2.24, 2.45) is 0 Å². The average molecular weight is 328 g/mol. The smallest absolute Gasteiger partial charge is 0.249 e. The van der Waals surface area contributed by atoms with Crippen LogP contribution in [0.2, 0.25) is 0 Å². The molecule has 3 rings (SSSR count). The monoisotopic (exact) mass is 328 g/mol. The van der Waals surface area contributed by atoms with E-state index in [2.05, 4.69) is 11.9 Å². The van der Waals surface area contributed by atoms with Gasteiger partial charge < -0.3 is 0 Å². The number of thiophene rings is 1. The van der Waals surface area contributed by atoms with Gasteiger partial charge in [0.15, 0.2) is 0 Å². The molecule has 3 heterocycles. The Kier molecular flexibility index (Phi) is 3.94. The molecule has 0 atom stereocenters. The van der Waals surface area contributed by atoms with Crippen molar-refractivity contribution < 1.29 is 8.42 Å². The Bertz CT molecular complexity index is 668. The van der Waals surface area contributed by atoms with E-state index in [1.807, 2.05) is 6.20 Å². The van der Waals surface area contributed by atoms with Gasteiger partial charge in [-0.3, -0.25) is 0 Å². The van der Waals surface area contributed by atoms with E-state index >= 15 is 0 Å². The molecule has 1 saturated heterocycles. The van der Waals surface area contributed by atoms with E-state index in [0.717, 1.165) is 17.8 Å². The molecule has 7 heteroatoms. The Morgan fingerprint density at radius 3 is 2.65 bits per heavy atom. The van der Waals surface area contributed by atoms with Gasteiger partial charge in [0.2, 0.25) is 0 Å². The van der Waals surface area contributed by atoms with Crippen LogP contribution in [0.4, 0.5) is 0 Å². The molecular weight excluding hydrogens is 312 g/mol. The largest absolute Gasteiger partial charge is 0.252 e. The maximum atomic E-state index is 12.4. The lowest BCUT2D eigenvalue weighted by Gasteiger charge is -2.29. The van der Waals surface area contributed by atoms with Crippen molar-refractivity contribution >= 4 is 32.7 Å². The summed E-state index contributed by atoms with van der Waals surface area (Å²) in [5.74, 6) is 0.406. The topological polar surface area (TPSA) is 50.3 Å². The second-order valence-corrected chi connectivity index (χ2v) is 9.30. The summed E-state index contributed by atoms with van der Waals surface area (Å²) in [7, 11) is -3.28. The van der Waals surface area contributed by atoms with Gasteiger partial charge in [0.1, 0.15) is 4.21 Å². The van der Waals surface area contributed by atoms with Gasteiger partial charge in [-0.1, -0.05) is 6.07 Å². The van der Waals surface area contributed by atoms with Gasteiger partial charge in [0.05, 0.1) is 5.01 Å². The number of sulfonamides is 1. The fraction of sp³-hybridized carbons (Fsp3) is 0.462. The van der Waals surface area contributed by atoms with Crippen LogP contribution in [0.5, 0.6) is 0 Å². The van der Waals surface area contributed by atoms with Gasteiger partial charge in [-0.15, -0.1) is 22.7 Å². The van der Waals surface area contributed by atoms with Crippen LogP contribution in [0.3, 0.4) is 0 Å². The highest BCUT2D eigenvalue weighted by Gasteiger charge is 2.31. The Morgan fingerprint density at radius 2 is 2.10 bits per heavy atom. The SMILES string of the molecule is Cc1cnc(C2CCN(S(=O)(=O)c3cccs3)CC2)s1. The minimum atomic E-state index is -3.28. The zero-order valence-electron chi connectivity index (χ0n) is 11.2. The molecule has 0 amide bonds. The zero-order chi connectivity index (χ0) is 14.2. The first-order valence-corrected chi connectivity index (χ1v) is 9.67. The number of thiazole rings is 1. The average Bonchev–Trinajstić information content (AvgIpc) is 3.10. The fourth-order valence-electron chi connectivity index (χ4n) is 2.44. The molecule has 108 valence electrons. The summed E-state index contributed by atoms with van der Waals surface area (Å²) < 4.78 is 26.9. The van der Waals surface area contributed by atoms with Crippen LogP contribution in [0.1, 0.15) is 28.6 Å². The third-order valence-electron chi connectivity index (χ3n) is 3.53. The summed E-state index contributed by atoms with van der Waals surface area (Å²) in [6.45, 7) is 3.23. The van der Waals surface area contributed by atoms with Crippen molar-refractivity contribution in [3.63, 3.8) is 0 Å². The molecule has 0 aromatic carbocycles. The number of aryl methyl sites for hydroxylation is 1. The Labute approximate surface area is 127 Å². The molecule has 0 aliphatic carbocycles. The molecule has 4 nitrogen and oxygen atoms in total. The predicted molar refractivity (Wildman–Crippen MR) is 81.9 cm³/mol. The maximum absolute atomic E-state index is 12.4. The van der Waals surface area contributed by atoms with Crippen LogP contribution >= 0.6 is 22.7 Å². The lowest BCUT2D eigenvalue weighted by atomic mass is 9.99. The zero-order valence-corrected chi connectivity index (χ0v) is 13.6. The van der Waals surface area contributed by atoms with E-state index in [1.165, 1.54) is 16.2 Å². The molecule has 0 unspecified atom stereocenters. The summed E-state index contributed by atoms with van der Waals surface area (Å²) in [4.78, 5) is 5.65. The van der Waals surface area contributed by atoms with Crippen LogP contribution in [0.25, 0.3) is 0 Å². The minimum Gasteiger partial charge on any atom is -0.249 e. The van der Waals surface area contributed by atoms with Crippen LogP contribution in [0, 0.1) is 6.92 Å². The van der Waals surface area contributed by atoms with E-state index in [-0.39, 0.29) is 0 Å². The second-order valence-electron chi connectivity index (χ2n) is 4.92. The molecule has 0 N–H and O–H groups in total. The van der Waals surface area contributed by atoms with E-state index in [9.17, 15) is 8.42 Å². The van der Waals surface area contributed by atoms with Crippen molar-refractivity contribution in [3.05, 3.63) is 33.6 Å². The van der Waals surface area contributed by atoms with Crippen molar-refractivity contribution in [2.45, 2.75) is 29.9 Å². The highest BCUT2D eigenvalue weighted by atomic mass is 32.2. The fourth-order valence-corrected chi connectivity index (χ4v) is 6.00. The Morgan fingerprint density at radius 1 is 1.35 bits per heavy atom. The van der Waals surface area contributed by atoms with E-state index in [1.54, 1.807) is 33.2 Å².